The Kier molecular flexibility index (Phi) is 10.6. The van der Waals surface area contributed by atoms with Gasteiger partial charge in [0, 0.05) is 23.0 Å². The molecular formula is C30H40N6O6S2. The normalized spacial score (nSPS) is 14.3. The van der Waals surface area contributed by atoms with E-state index in [0.29, 0.717) is 45.0 Å². The highest BCUT2D eigenvalue weighted by Gasteiger charge is 2.27. The third kappa shape index (κ3) is 9.21. The van der Waals surface area contributed by atoms with E-state index in [1.807, 2.05) is 6.92 Å². The monoisotopic (exact) mass is 644 g/mol. The Balaban J connectivity index is 1.59. The number of anilines is 2. The van der Waals surface area contributed by atoms with E-state index in [2.05, 4.69) is 30.6 Å². The molecular weight excluding hydrogens is 605 g/mol. The Morgan fingerprint density at radius 1 is 1.05 bits per heavy atom. The van der Waals surface area contributed by atoms with Crippen molar-refractivity contribution in [2.75, 3.05) is 30.3 Å². The molecule has 1 aliphatic heterocycles. The lowest BCUT2D eigenvalue weighted by molar-refractivity contribution is 0.129. The van der Waals surface area contributed by atoms with Crippen LogP contribution in [-0.4, -0.2) is 61.9 Å². The van der Waals surface area contributed by atoms with Crippen LogP contribution in [0, 0.1) is 12.8 Å². The van der Waals surface area contributed by atoms with E-state index in [0.717, 1.165) is 31.5 Å². The molecule has 1 aliphatic rings. The maximum Gasteiger partial charge on any atom is 0.411 e. The summed E-state index contributed by atoms with van der Waals surface area (Å²) in [6.07, 6.45) is 3.51. The Morgan fingerprint density at radius 2 is 1.75 bits per heavy atom. The van der Waals surface area contributed by atoms with Gasteiger partial charge in [-0.3, -0.25) is 15.6 Å². The van der Waals surface area contributed by atoms with Gasteiger partial charge in [-0.2, -0.15) is 0 Å². The van der Waals surface area contributed by atoms with Gasteiger partial charge in [-0.25, -0.2) is 27.7 Å². The van der Waals surface area contributed by atoms with Gasteiger partial charge in [0.25, 0.3) is 0 Å². The summed E-state index contributed by atoms with van der Waals surface area (Å²) in [5.74, 6) is 0.295. The highest BCUT2D eigenvalue weighted by molar-refractivity contribution is 7.89. The minimum atomic E-state index is -4.01. The average molecular weight is 645 g/mol. The number of rotatable bonds is 9. The molecule has 12 nitrogen and oxygen atoms in total. The van der Waals surface area contributed by atoms with Crippen LogP contribution in [0.1, 0.15) is 53.0 Å². The zero-order valence-electron chi connectivity index (χ0n) is 25.8. The van der Waals surface area contributed by atoms with Crippen molar-refractivity contribution < 1.29 is 27.5 Å². The van der Waals surface area contributed by atoms with E-state index >= 15 is 0 Å². The second kappa shape index (κ2) is 14.0. The summed E-state index contributed by atoms with van der Waals surface area (Å²) in [5, 5.41) is 9.18. The van der Waals surface area contributed by atoms with Crippen LogP contribution in [0.25, 0.3) is 21.1 Å². The minimum absolute atomic E-state index is 0.00771. The molecule has 44 heavy (non-hydrogen) atoms. The Hall–Kier alpha value is -3.59. The number of ether oxygens (including phenoxy) is 2. The van der Waals surface area contributed by atoms with Gasteiger partial charge in [-0.15, -0.1) is 11.3 Å². The number of hydrogen-bond donors (Lipinski definition) is 4. The molecule has 0 radical (unpaired) electrons. The van der Waals surface area contributed by atoms with Gasteiger partial charge in [0.1, 0.15) is 10.7 Å². The molecule has 4 N–H and O–H groups in total. The van der Waals surface area contributed by atoms with Gasteiger partial charge < -0.3 is 14.8 Å². The number of carbonyl (C=O) groups excluding carboxylic acids is 2. The number of amides is 2. The zero-order chi connectivity index (χ0) is 32.1. The average Bonchev–Trinajstić information content (AvgIpc) is 3.40. The van der Waals surface area contributed by atoms with Crippen molar-refractivity contribution in [3.63, 3.8) is 0 Å². The van der Waals surface area contributed by atoms with Crippen molar-refractivity contribution >= 4 is 44.9 Å². The van der Waals surface area contributed by atoms with Crippen LogP contribution in [0.2, 0.25) is 0 Å². The van der Waals surface area contributed by atoms with Crippen molar-refractivity contribution in [3.8, 4) is 21.1 Å². The topological polar surface area (TPSA) is 161 Å². The van der Waals surface area contributed by atoms with Crippen molar-refractivity contribution in [1.82, 2.24) is 20.0 Å². The predicted octanol–water partition coefficient (Wildman–Crippen LogP) is 5.76. The fraction of sp³-hybridized carbons (Fsp3) is 0.467. The van der Waals surface area contributed by atoms with Crippen LogP contribution >= 0.6 is 11.3 Å². The molecule has 238 valence electrons. The largest absolute Gasteiger partial charge is 0.449 e. The second-order valence-electron chi connectivity index (χ2n) is 12.0. The first-order valence-corrected chi connectivity index (χ1v) is 16.7. The SMILES string of the molecule is Cc1cc(NC(=O)OC(C)C)cnc1-c1ncc(-c2ccc(NC(=O)OCC3CCNCC3)cc2S(=O)(=O)NC(C)(C)C)s1. The smallest absolute Gasteiger partial charge is 0.411 e. The first-order valence-electron chi connectivity index (χ1n) is 14.4. The maximum absolute atomic E-state index is 13.6. The molecule has 0 atom stereocenters. The lowest BCUT2D eigenvalue weighted by Gasteiger charge is -2.22. The number of aryl methyl sites for hydroxylation is 1. The van der Waals surface area contributed by atoms with Crippen molar-refractivity contribution in [1.29, 1.82) is 0 Å². The summed E-state index contributed by atoms with van der Waals surface area (Å²) >= 11 is 1.28. The summed E-state index contributed by atoms with van der Waals surface area (Å²) in [7, 11) is -4.01. The summed E-state index contributed by atoms with van der Waals surface area (Å²) in [4.78, 5) is 34.1. The number of sulfonamides is 1. The van der Waals surface area contributed by atoms with Crippen LogP contribution in [0.4, 0.5) is 21.0 Å². The van der Waals surface area contributed by atoms with E-state index < -0.39 is 27.7 Å². The highest BCUT2D eigenvalue weighted by Crippen LogP contribution is 2.37. The number of thiazole rings is 1. The number of aromatic nitrogens is 2. The summed E-state index contributed by atoms with van der Waals surface area (Å²) < 4.78 is 40.5. The Bertz CT molecular complexity index is 1590. The fourth-order valence-corrected chi connectivity index (χ4v) is 7.36. The lowest BCUT2D eigenvalue weighted by atomic mass is 9.99. The van der Waals surface area contributed by atoms with Gasteiger partial charge in [0.15, 0.2) is 0 Å². The van der Waals surface area contributed by atoms with Gasteiger partial charge >= 0.3 is 12.2 Å². The zero-order valence-corrected chi connectivity index (χ0v) is 27.4. The molecule has 0 spiro atoms. The molecule has 1 fully saturated rings. The molecule has 0 unspecified atom stereocenters. The van der Waals surface area contributed by atoms with Crippen LogP contribution in [0.15, 0.2) is 41.6 Å². The van der Waals surface area contributed by atoms with Gasteiger partial charge in [-0.05, 0) is 97.2 Å². The van der Waals surface area contributed by atoms with Crippen LogP contribution < -0.4 is 20.7 Å². The molecule has 2 aromatic heterocycles. The number of nitrogens with zero attached hydrogens (tertiary/aromatic N) is 2. The Labute approximate surface area is 262 Å². The molecule has 4 rings (SSSR count). The van der Waals surface area contributed by atoms with Gasteiger partial charge in [0.2, 0.25) is 10.0 Å². The third-order valence-corrected chi connectivity index (χ3v) is 9.34. The van der Waals surface area contributed by atoms with Crippen LogP contribution in [-0.2, 0) is 19.5 Å². The minimum Gasteiger partial charge on any atom is -0.449 e. The number of piperidine rings is 1. The molecule has 3 aromatic rings. The summed E-state index contributed by atoms with van der Waals surface area (Å²) in [6.45, 7) is 12.7. The van der Waals surface area contributed by atoms with Crippen LogP contribution in [0.3, 0.4) is 0 Å². The molecule has 0 saturated carbocycles. The molecule has 0 bridgehead atoms. The second-order valence-corrected chi connectivity index (χ2v) is 14.7. The van der Waals surface area contributed by atoms with E-state index in [9.17, 15) is 18.0 Å². The first-order chi connectivity index (χ1) is 20.7. The van der Waals surface area contributed by atoms with Gasteiger partial charge in [0.05, 0.1) is 34.4 Å². The molecule has 14 heteroatoms. The maximum atomic E-state index is 13.6. The van der Waals surface area contributed by atoms with Gasteiger partial charge in [-0.1, -0.05) is 6.07 Å². The molecule has 2 amide bonds. The molecule has 1 saturated heterocycles. The van der Waals surface area contributed by atoms with E-state index in [4.69, 9.17) is 9.47 Å². The quantitative estimate of drug-likeness (QED) is 0.227. The number of hydrogen-bond acceptors (Lipinski definition) is 10. The fourth-order valence-electron chi connectivity index (χ4n) is 4.62. The third-order valence-electron chi connectivity index (χ3n) is 6.51. The molecule has 0 aliphatic carbocycles. The standard InChI is InChI=1S/C30H40N6O6S2/c1-18(2)42-29(38)35-22-13-19(3)26(32-15-22)27-33-16-24(43-27)23-8-7-21(14-25(23)44(39,40)36-30(4,5)6)34-28(37)41-17-20-9-11-31-12-10-20/h7-8,13-16,18,20,31,36H,9-12,17H2,1-6H3,(H,34,37)(H,35,38). The van der Waals surface area contributed by atoms with E-state index in [1.165, 1.54) is 23.6 Å². The van der Waals surface area contributed by atoms with Crippen molar-refractivity contribution in [2.24, 2.45) is 5.92 Å². The van der Waals surface area contributed by atoms with E-state index in [-0.39, 0.29) is 11.0 Å². The van der Waals surface area contributed by atoms with Crippen molar-refractivity contribution in [3.05, 3.63) is 42.2 Å². The molecule has 3 heterocycles. The van der Waals surface area contributed by atoms with Crippen LogP contribution in [0.5, 0.6) is 0 Å². The number of benzene rings is 1. The van der Waals surface area contributed by atoms with E-state index in [1.54, 1.807) is 59.0 Å². The lowest BCUT2D eigenvalue weighted by Crippen LogP contribution is -2.40. The number of nitrogens with one attached hydrogen (secondary N) is 4. The summed E-state index contributed by atoms with van der Waals surface area (Å²) in [6, 6.07) is 6.47. The summed E-state index contributed by atoms with van der Waals surface area (Å²) in [5.41, 5.74) is 1.80. The van der Waals surface area contributed by atoms with Crippen molar-refractivity contribution in [2.45, 2.75) is 70.9 Å². The predicted molar refractivity (Wildman–Crippen MR) is 171 cm³/mol. The first kappa shape index (κ1) is 33.3. The molecule has 1 aromatic carbocycles. The number of carbonyl (C=O) groups is 2. The number of pyridine rings is 1. The Morgan fingerprint density at radius 3 is 2.41 bits per heavy atom. The highest BCUT2D eigenvalue weighted by atomic mass is 32.2.